The molecular formula is C49H96ClNO9. The van der Waals surface area contributed by atoms with Crippen LogP contribution in [0.4, 0.5) is 0 Å². The van der Waals surface area contributed by atoms with Crippen molar-refractivity contribution in [2.75, 3.05) is 19.1 Å². The predicted molar refractivity (Wildman–Crippen MR) is 246 cm³/mol. The van der Waals surface area contributed by atoms with Gasteiger partial charge >= 0.3 is 0 Å². The highest BCUT2D eigenvalue weighted by Crippen LogP contribution is 2.23. The Morgan fingerprint density at radius 3 is 1.35 bits per heavy atom. The number of aliphatic hydroxyl groups is 6. The number of rotatable bonds is 44. The SMILES string of the molecule is CCCCCCCCCCCCCC[C@@H](O)[C@@H](O)[C@H](CO[C@H]1O[C@H](CO)[C@H](O)[C@H](O)[C@H]1O)NC(=O)CCCCCCCCCCCCCCCCCCCCCCCCCl. The van der Waals surface area contributed by atoms with E-state index in [4.69, 9.17) is 21.1 Å². The van der Waals surface area contributed by atoms with Gasteiger partial charge in [-0.15, -0.1) is 11.6 Å². The second kappa shape index (κ2) is 41.2. The van der Waals surface area contributed by atoms with E-state index in [9.17, 15) is 35.4 Å². The fourth-order valence-corrected chi connectivity index (χ4v) is 8.65. The van der Waals surface area contributed by atoms with Crippen molar-refractivity contribution in [1.82, 2.24) is 5.32 Å². The minimum Gasteiger partial charge on any atom is -0.394 e. The first-order chi connectivity index (χ1) is 29.3. The molecule has 11 heteroatoms. The van der Waals surface area contributed by atoms with Crippen LogP contribution in [0.1, 0.15) is 238 Å². The average molecular weight is 879 g/mol. The third-order valence-electron chi connectivity index (χ3n) is 12.6. The summed E-state index contributed by atoms with van der Waals surface area (Å²) >= 11 is 5.74. The molecule has 1 aliphatic heterocycles. The number of carbonyl (C=O) groups is 1. The van der Waals surface area contributed by atoms with Crippen LogP contribution in [-0.4, -0.2) is 105 Å². The summed E-state index contributed by atoms with van der Waals surface area (Å²) in [6, 6.07) is -0.987. The molecule has 0 bridgehead atoms. The Balaban J connectivity index is 2.26. The van der Waals surface area contributed by atoms with Crippen LogP contribution in [0.25, 0.3) is 0 Å². The minimum atomic E-state index is -1.60. The number of alkyl halides is 1. The van der Waals surface area contributed by atoms with Crippen molar-refractivity contribution in [2.45, 2.75) is 287 Å². The highest BCUT2D eigenvalue weighted by atomic mass is 35.5. The average Bonchev–Trinajstić information content (AvgIpc) is 3.25. The molecule has 1 amide bonds. The maximum absolute atomic E-state index is 13.0. The Kier molecular flexibility index (Phi) is 39.4. The second-order valence-electron chi connectivity index (χ2n) is 18.2. The van der Waals surface area contributed by atoms with Crippen molar-refractivity contribution in [3.8, 4) is 0 Å². The summed E-state index contributed by atoms with van der Waals surface area (Å²) in [5.74, 6) is 0.552. The first-order valence-electron chi connectivity index (χ1n) is 25.4. The molecule has 0 aromatic heterocycles. The first-order valence-corrected chi connectivity index (χ1v) is 25.9. The molecule has 7 N–H and O–H groups in total. The maximum atomic E-state index is 13.0. The van der Waals surface area contributed by atoms with E-state index in [0.717, 1.165) is 57.2 Å². The Morgan fingerprint density at radius 1 is 0.567 bits per heavy atom. The van der Waals surface area contributed by atoms with Crippen LogP contribution >= 0.6 is 11.6 Å². The molecule has 0 aliphatic carbocycles. The number of carbonyl (C=O) groups excluding carboxylic acids is 1. The van der Waals surface area contributed by atoms with E-state index in [0.29, 0.717) is 6.42 Å². The van der Waals surface area contributed by atoms with E-state index < -0.39 is 55.6 Å². The van der Waals surface area contributed by atoms with Gasteiger partial charge in [0.05, 0.1) is 25.4 Å². The lowest BCUT2D eigenvalue weighted by atomic mass is 9.98. The molecule has 1 heterocycles. The molecule has 0 aromatic carbocycles. The smallest absolute Gasteiger partial charge is 0.220 e. The number of hydrogen-bond donors (Lipinski definition) is 7. The molecule has 0 unspecified atom stereocenters. The molecule has 1 saturated heterocycles. The van der Waals surface area contributed by atoms with Crippen LogP contribution in [0.15, 0.2) is 0 Å². The van der Waals surface area contributed by atoms with E-state index >= 15 is 0 Å². The highest BCUT2D eigenvalue weighted by Gasteiger charge is 2.44. The van der Waals surface area contributed by atoms with Gasteiger partial charge in [0.25, 0.3) is 0 Å². The quantitative estimate of drug-likeness (QED) is 0.0233. The van der Waals surface area contributed by atoms with Crippen LogP contribution in [0, 0.1) is 0 Å². The Hall–Kier alpha value is -0.560. The predicted octanol–water partition coefficient (Wildman–Crippen LogP) is 10.3. The number of nitrogens with one attached hydrogen (secondary N) is 1. The van der Waals surface area contributed by atoms with Gasteiger partial charge < -0.3 is 45.4 Å². The van der Waals surface area contributed by atoms with Crippen LogP contribution in [0.2, 0.25) is 0 Å². The van der Waals surface area contributed by atoms with Gasteiger partial charge in [-0.25, -0.2) is 0 Å². The second-order valence-corrected chi connectivity index (χ2v) is 18.5. The number of ether oxygens (including phenoxy) is 2. The van der Waals surface area contributed by atoms with Crippen molar-refractivity contribution in [1.29, 1.82) is 0 Å². The third kappa shape index (κ3) is 30.5. The lowest BCUT2D eigenvalue weighted by molar-refractivity contribution is -0.303. The van der Waals surface area contributed by atoms with Gasteiger partial charge in [-0.3, -0.25) is 4.79 Å². The Bertz CT molecular complexity index is 933. The minimum absolute atomic E-state index is 0.255. The van der Waals surface area contributed by atoms with Crippen molar-refractivity contribution < 1.29 is 44.9 Å². The molecule has 0 spiro atoms. The van der Waals surface area contributed by atoms with E-state index in [1.165, 1.54) is 167 Å². The van der Waals surface area contributed by atoms with Crippen LogP contribution in [0.5, 0.6) is 0 Å². The number of unbranched alkanes of at least 4 members (excludes halogenated alkanes) is 32. The van der Waals surface area contributed by atoms with Gasteiger partial charge in [0.15, 0.2) is 6.29 Å². The lowest BCUT2D eigenvalue weighted by Gasteiger charge is -2.40. The van der Waals surface area contributed by atoms with E-state index in [1.54, 1.807) is 0 Å². The number of halogens is 1. The summed E-state index contributed by atoms with van der Waals surface area (Å²) in [5, 5.41) is 65.2. The lowest BCUT2D eigenvalue weighted by Crippen LogP contribution is -2.60. The first kappa shape index (κ1) is 57.5. The molecule has 60 heavy (non-hydrogen) atoms. The topological polar surface area (TPSA) is 169 Å². The molecule has 10 nitrogen and oxygen atoms in total. The Labute approximate surface area is 372 Å². The Morgan fingerprint density at radius 2 is 0.950 bits per heavy atom. The number of hydrogen-bond acceptors (Lipinski definition) is 9. The largest absolute Gasteiger partial charge is 0.394 e. The van der Waals surface area contributed by atoms with E-state index in [-0.39, 0.29) is 18.9 Å². The van der Waals surface area contributed by atoms with Crippen molar-refractivity contribution in [3.05, 3.63) is 0 Å². The molecule has 0 radical (unpaired) electrons. The fourth-order valence-electron chi connectivity index (χ4n) is 8.46. The summed E-state index contributed by atoms with van der Waals surface area (Å²) in [6.07, 6.45) is 33.3. The van der Waals surface area contributed by atoms with E-state index in [2.05, 4.69) is 12.2 Å². The van der Waals surface area contributed by atoms with Gasteiger partial charge in [-0.2, -0.15) is 0 Å². The molecule has 1 rings (SSSR count). The van der Waals surface area contributed by atoms with Gasteiger partial charge in [-0.1, -0.05) is 212 Å². The zero-order valence-corrected chi connectivity index (χ0v) is 39.2. The molecule has 0 aromatic rings. The van der Waals surface area contributed by atoms with Gasteiger partial charge in [0, 0.05) is 12.3 Å². The van der Waals surface area contributed by atoms with Crippen molar-refractivity contribution in [3.63, 3.8) is 0 Å². The summed E-state index contributed by atoms with van der Waals surface area (Å²) in [7, 11) is 0. The number of amides is 1. The normalized spacial score (nSPS) is 21.0. The van der Waals surface area contributed by atoms with Gasteiger partial charge in [0.2, 0.25) is 5.91 Å². The zero-order chi connectivity index (χ0) is 43.9. The van der Waals surface area contributed by atoms with Gasteiger partial charge in [0.1, 0.15) is 30.5 Å². The maximum Gasteiger partial charge on any atom is 0.220 e. The van der Waals surface area contributed by atoms with Crippen LogP contribution in [0.3, 0.4) is 0 Å². The van der Waals surface area contributed by atoms with Gasteiger partial charge in [-0.05, 0) is 19.3 Å². The molecule has 358 valence electrons. The monoisotopic (exact) mass is 878 g/mol. The van der Waals surface area contributed by atoms with Crippen molar-refractivity contribution in [2.24, 2.45) is 0 Å². The molecule has 8 atom stereocenters. The molecular weight excluding hydrogens is 782 g/mol. The summed E-state index contributed by atoms with van der Waals surface area (Å²) in [6.45, 7) is 1.34. The third-order valence-corrected chi connectivity index (χ3v) is 12.8. The summed E-state index contributed by atoms with van der Waals surface area (Å²) < 4.78 is 11.2. The molecule has 0 saturated carbocycles. The number of aliphatic hydroxyl groups excluding tert-OH is 6. The van der Waals surface area contributed by atoms with Crippen molar-refractivity contribution >= 4 is 17.5 Å². The zero-order valence-electron chi connectivity index (χ0n) is 38.5. The standard InChI is InChI=1S/C49H96ClNO9/c1-2-3-4-5-6-7-8-21-24-27-30-33-36-42(53)45(55)41(40-59-49-48(58)47(57)46(56)43(39-52)60-49)51-44(54)37-34-31-28-25-22-19-17-15-13-11-9-10-12-14-16-18-20-23-26-29-32-35-38-50/h41-43,45-49,52-53,55-58H,2-40H2,1H3,(H,51,54)/t41-,42+,43+,45-,46-,47-,48+,49-/m0/s1. The van der Waals surface area contributed by atoms with E-state index in [1.807, 2.05) is 0 Å². The molecule has 1 fully saturated rings. The van der Waals surface area contributed by atoms with Crippen LogP contribution < -0.4 is 5.32 Å². The summed E-state index contributed by atoms with van der Waals surface area (Å²) in [4.78, 5) is 13.0. The van der Waals surface area contributed by atoms with Crippen LogP contribution in [-0.2, 0) is 14.3 Å². The highest BCUT2D eigenvalue weighted by molar-refractivity contribution is 6.17. The summed E-state index contributed by atoms with van der Waals surface area (Å²) in [5.41, 5.74) is 0. The fraction of sp³-hybridized carbons (Fsp3) is 0.980. The molecule has 1 aliphatic rings.